The third kappa shape index (κ3) is 2.70. The molecule has 0 aromatic heterocycles. The summed E-state index contributed by atoms with van der Waals surface area (Å²) in [6.45, 7) is 0. The molecule has 156 valence electrons. The highest BCUT2D eigenvalue weighted by atomic mass is 19.2. The van der Waals surface area contributed by atoms with Gasteiger partial charge in [-0.05, 0) is 25.0 Å². The van der Waals surface area contributed by atoms with Crippen molar-refractivity contribution in [3.63, 3.8) is 0 Å². The number of rotatable bonds is 4. The summed E-state index contributed by atoms with van der Waals surface area (Å²) in [5, 5.41) is 10.8. The molecule has 1 fully saturated rings. The minimum absolute atomic E-state index is 0.171. The Labute approximate surface area is 165 Å². The zero-order valence-electron chi connectivity index (χ0n) is 15.0. The average Bonchev–Trinajstić information content (AvgIpc) is 3.25. The molecule has 0 spiro atoms. The Bertz CT molecular complexity index is 1060. The molecule has 2 aliphatic carbocycles. The Balaban J connectivity index is 1.82. The van der Waals surface area contributed by atoms with Crippen LogP contribution < -0.4 is 0 Å². The van der Waals surface area contributed by atoms with Crippen molar-refractivity contribution in [2.75, 3.05) is 0 Å². The number of nitro benzene ring substituents is 1. The summed E-state index contributed by atoms with van der Waals surface area (Å²) in [6.07, 6.45) is 3.67. The Hall–Kier alpha value is -3.30. The first-order valence-electron chi connectivity index (χ1n) is 8.86. The number of nitro groups is 1. The number of benzene rings is 2. The SMILES string of the molecule is O=C(OC1(c2c(F)c(F)c(F)c(F)c2F)C2C=CC1CC2)c1ccc([N+](=O)[O-])cc1. The number of fused-ring (bicyclic) bond motifs is 2. The summed E-state index contributed by atoms with van der Waals surface area (Å²) in [5.41, 5.74) is -3.77. The predicted octanol–water partition coefficient (Wildman–Crippen LogP) is 4.94. The van der Waals surface area contributed by atoms with Crippen LogP contribution in [0.5, 0.6) is 0 Å². The van der Waals surface area contributed by atoms with Gasteiger partial charge in [-0.2, -0.15) is 0 Å². The van der Waals surface area contributed by atoms with Gasteiger partial charge in [0, 0.05) is 24.0 Å². The summed E-state index contributed by atoms with van der Waals surface area (Å²) < 4.78 is 76.1. The fraction of sp³-hybridized carbons (Fsp3) is 0.250. The minimum atomic E-state index is -2.30. The van der Waals surface area contributed by atoms with Gasteiger partial charge in [0.15, 0.2) is 28.9 Å². The van der Waals surface area contributed by atoms with Crippen LogP contribution in [0.25, 0.3) is 0 Å². The van der Waals surface area contributed by atoms with Gasteiger partial charge < -0.3 is 4.74 Å². The lowest BCUT2D eigenvalue weighted by atomic mass is 9.81. The molecule has 2 aromatic rings. The van der Waals surface area contributed by atoms with E-state index >= 15 is 0 Å². The maximum atomic E-state index is 14.7. The van der Waals surface area contributed by atoms with Crippen molar-refractivity contribution in [1.82, 2.24) is 0 Å². The standard InChI is InChI=1S/C20H12F5NO4/c21-14-13(15(22)17(24)18(25)16(14)23)20(10-3-4-11(20)6-5-10)30-19(27)9-1-7-12(8-2-9)26(28)29/h1-4,7-8,10-11H,5-6H2. The van der Waals surface area contributed by atoms with Crippen LogP contribution in [-0.4, -0.2) is 10.9 Å². The van der Waals surface area contributed by atoms with Crippen molar-refractivity contribution < 1.29 is 36.4 Å². The van der Waals surface area contributed by atoms with E-state index in [-0.39, 0.29) is 11.3 Å². The van der Waals surface area contributed by atoms with E-state index in [9.17, 15) is 36.9 Å². The lowest BCUT2D eigenvalue weighted by molar-refractivity contribution is -0.384. The van der Waals surface area contributed by atoms with Crippen LogP contribution >= 0.6 is 0 Å². The van der Waals surface area contributed by atoms with E-state index < -0.39 is 63.0 Å². The van der Waals surface area contributed by atoms with Gasteiger partial charge in [-0.25, -0.2) is 26.7 Å². The first-order chi connectivity index (χ1) is 14.2. The van der Waals surface area contributed by atoms with E-state index in [1.807, 2.05) is 0 Å². The molecule has 4 rings (SSSR count). The first-order valence-corrected chi connectivity index (χ1v) is 8.86. The van der Waals surface area contributed by atoms with Crippen molar-refractivity contribution in [1.29, 1.82) is 0 Å². The molecule has 0 aliphatic heterocycles. The summed E-state index contributed by atoms with van der Waals surface area (Å²) in [7, 11) is 0. The maximum Gasteiger partial charge on any atom is 0.339 e. The van der Waals surface area contributed by atoms with Crippen LogP contribution in [0.2, 0.25) is 0 Å². The van der Waals surface area contributed by atoms with Gasteiger partial charge in [-0.3, -0.25) is 10.1 Å². The molecule has 0 heterocycles. The molecule has 0 radical (unpaired) electrons. The van der Waals surface area contributed by atoms with Crippen LogP contribution in [0.3, 0.4) is 0 Å². The number of hydrogen-bond acceptors (Lipinski definition) is 4. The molecule has 10 heteroatoms. The third-order valence-electron chi connectivity index (χ3n) is 5.64. The van der Waals surface area contributed by atoms with Crippen LogP contribution in [0.4, 0.5) is 27.6 Å². The zero-order chi connectivity index (χ0) is 21.8. The van der Waals surface area contributed by atoms with Crippen molar-refractivity contribution >= 4 is 11.7 Å². The Kier molecular flexibility index (Phi) is 4.59. The van der Waals surface area contributed by atoms with Crippen molar-refractivity contribution in [3.05, 3.63) is 86.7 Å². The second kappa shape index (κ2) is 6.89. The molecule has 1 saturated carbocycles. The van der Waals surface area contributed by atoms with Gasteiger partial charge in [0.05, 0.1) is 16.1 Å². The molecule has 30 heavy (non-hydrogen) atoms. The number of hydrogen-bond donors (Lipinski definition) is 0. The third-order valence-corrected chi connectivity index (χ3v) is 5.64. The molecule has 2 aromatic carbocycles. The summed E-state index contributed by atoms with van der Waals surface area (Å²) in [6, 6.07) is 4.22. The molecule has 0 saturated heterocycles. The Morgan fingerprint density at radius 1 is 0.900 bits per heavy atom. The summed E-state index contributed by atoms with van der Waals surface area (Å²) in [4.78, 5) is 22.8. The smallest absolute Gasteiger partial charge is 0.339 e. The van der Waals surface area contributed by atoms with Gasteiger partial charge >= 0.3 is 5.97 Å². The van der Waals surface area contributed by atoms with Gasteiger partial charge in [-0.15, -0.1) is 0 Å². The minimum Gasteiger partial charge on any atom is -0.449 e. The number of halogens is 5. The molecular formula is C20H12F5NO4. The van der Waals surface area contributed by atoms with Gasteiger partial charge in [-0.1, -0.05) is 12.2 Å². The summed E-state index contributed by atoms with van der Waals surface area (Å²) in [5.74, 6) is -13.3. The quantitative estimate of drug-likeness (QED) is 0.132. The van der Waals surface area contributed by atoms with Crippen LogP contribution in [0.1, 0.15) is 28.8 Å². The van der Waals surface area contributed by atoms with E-state index in [1.54, 1.807) is 0 Å². The van der Waals surface area contributed by atoms with E-state index in [2.05, 4.69) is 0 Å². The topological polar surface area (TPSA) is 69.4 Å². The molecule has 0 amide bonds. The van der Waals surface area contributed by atoms with E-state index in [4.69, 9.17) is 4.74 Å². The second-order valence-corrected chi connectivity index (χ2v) is 7.11. The average molecular weight is 425 g/mol. The number of ether oxygens (including phenoxy) is 1. The largest absolute Gasteiger partial charge is 0.449 e. The molecular weight excluding hydrogens is 413 g/mol. The van der Waals surface area contributed by atoms with Crippen LogP contribution in [0.15, 0.2) is 36.4 Å². The number of carbonyl (C=O) groups is 1. The number of esters is 1. The van der Waals surface area contributed by atoms with Gasteiger partial charge in [0.25, 0.3) is 5.69 Å². The van der Waals surface area contributed by atoms with Crippen LogP contribution in [0, 0.1) is 51.0 Å². The molecule has 0 N–H and O–H groups in total. The molecule has 5 nitrogen and oxygen atoms in total. The van der Waals surface area contributed by atoms with Crippen molar-refractivity contribution in [2.45, 2.75) is 18.4 Å². The van der Waals surface area contributed by atoms with E-state index in [0.717, 1.165) is 24.3 Å². The lowest BCUT2D eigenvalue weighted by Crippen LogP contribution is -2.40. The number of carbonyl (C=O) groups excluding carboxylic acids is 1. The fourth-order valence-corrected chi connectivity index (χ4v) is 4.26. The van der Waals surface area contributed by atoms with E-state index in [0.29, 0.717) is 12.8 Å². The van der Waals surface area contributed by atoms with Crippen molar-refractivity contribution in [3.8, 4) is 0 Å². The van der Waals surface area contributed by atoms with E-state index in [1.165, 1.54) is 12.2 Å². The lowest BCUT2D eigenvalue weighted by Gasteiger charge is -2.35. The predicted molar refractivity (Wildman–Crippen MR) is 91.8 cm³/mol. The second-order valence-electron chi connectivity index (χ2n) is 7.11. The van der Waals surface area contributed by atoms with Gasteiger partial charge in [0.1, 0.15) is 0 Å². The van der Waals surface area contributed by atoms with Crippen LogP contribution in [-0.2, 0) is 10.3 Å². The highest BCUT2D eigenvalue weighted by molar-refractivity contribution is 5.90. The normalized spacial score (nSPS) is 24.3. The summed E-state index contributed by atoms with van der Waals surface area (Å²) >= 11 is 0. The molecule has 2 bridgehead atoms. The Morgan fingerprint density at radius 2 is 1.37 bits per heavy atom. The van der Waals surface area contributed by atoms with Gasteiger partial charge in [0.2, 0.25) is 5.82 Å². The molecule has 2 atom stereocenters. The fourth-order valence-electron chi connectivity index (χ4n) is 4.26. The molecule has 2 aliphatic rings. The zero-order valence-corrected chi connectivity index (χ0v) is 15.0. The highest BCUT2D eigenvalue weighted by Crippen LogP contribution is 2.57. The number of non-ortho nitro benzene ring substituents is 1. The monoisotopic (exact) mass is 425 g/mol. The first kappa shape index (κ1) is 20.0. The maximum absolute atomic E-state index is 14.7. The number of nitrogens with zero attached hydrogens (tertiary/aromatic N) is 1. The van der Waals surface area contributed by atoms with Crippen molar-refractivity contribution in [2.24, 2.45) is 11.8 Å². The Morgan fingerprint density at radius 3 is 1.80 bits per heavy atom. The molecule has 2 unspecified atom stereocenters. The highest BCUT2D eigenvalue weighted by Gasteiger charge is 2.59.